The Bertz CT molecular complexity index is 62.6. The molecule has 0 rings (SSSR count). The average molecular weight is 125 g/mol. The first kappa shape index (κ1) is 7.79. The van der Waals surface area contributed by atoms with Gasteiger partial charge >= 0.3 is 0 Å². The molecule has 1 unspecified atom stereocenters. The van der Waals surface area contributed by atoms with Crippen molar-refractivity contribution in [1.82, 2.24) is 0 Å². The fourth-order valence-corrected chi connectivity index (χ4v) is 0.389. The Hall–Kier alpha value is -0.210. The zero-order valence-corrected chi connectivity index (χ0v) is 4.63. The van der Waals surface area contributed by atoms with Crippen LogP contribution in [0.5, 0.6) is 0 Å². The van der Waals surface area contributed by atoms with Crippen molar-refractivity contribution in [3.05, 3.63) is 6.92 Å². The highest BCUT2D eigenvalue weighted by Crippen LogP contribution is 2.19. The molecule has 49 valence electrons. The van der Waals surface area contributed by atoms with Gasteiger partial charge in [0.15, 0.2) is 0 Å². The summed E-state index contributed by atoms with van der Waals surface area (Å²) < 4.78 is 35.0. The van der Waals surface area contributed by atoms with Crippen LogP contribution in [0.25, 0.3) is 0 Å². The van der Waals surface area contributed by atoms with E-state index in [1.54, 1.807) is 0 Å². The molecule has 0 saturated heterocycles. The van der Waals surface area contributed by atoms with Gasteiger partial charge in [-0.05, 0) is 13.8 Å². The van der Waals surface area contributed by atoms with Gasteiger partial charge in [0, 0.05) is 6.42 Å². The number of hydrogen-bond donors (Lipinski definition) is 0. The molecule has 0 heterocycles. The van der Waals surface area contributed by atoms with E-state index in [0.717, 1.165) is 0 Å². The fraction of sp³-hybridized carbons (Fsp3) is 0.800. The number of halogens is 3. The summed E-state index contributed by atoms with van der Waals surface area (Å²) in [6, 6.07) is 0. The van der Waals surface area contributed by atoms with Crippen molar-refractivity contribution in [2.45, 2.75) is 25.4 Å². The van der Waals surface area contributed by atoms with Crippen molar-refractivity contribution in [2.24, 2.45) is 0 Å². The van der Waals surface area contributed by atoms with Crippen LogP contribution in [0.2, 0.25) is 0 Å². The average Bonchev–Trinajstić information content (AvgIpc) is 1.21. The van der Waals surface area contributed by atoms with Crippen LogP contribution in [0.3, 0.4) is 0 Å². The van der Waals surface area contributed by atoms with Gasteiger partial charge in [-0.2, -0.15) is 0 Å². The first-order valence-corrected chi connectivity index (χ1v) is 2.27. The van der Waals surface area contributed by atoms with E-state index in [0.29, 0.717) is 6.92 Å². The molecule has 0 bridgehead atoms. The van der Waals surface area contributed by atoms with Crippen molar-refractivity contribution < 1.29 is 13.2 Å². The van der Waals surface area contributed by atoms with E-state index in [-0.39, 0.29) is 0 Å². The molecule has 0 aliphatic heterocycles. The largest absolute Gasteiger partial charge is 0.248 e. The lowest BCUT2D eigenvalue weighted by Gasteiger charge is -2.08. The third kappa shape index (κ3) is 5.79. The standard InChI is InChI=1S/C5H8F3/c1-4(6)3-5(2,7)8/h4H,1,3H2,2H3. The van der Waals surface area contributed by atoms with E-state index in [1.807, 2.05) is 0 Å². The monoisotopic (exact) mass is 125 g/mol. The summed E-state index contributed by atoms with van der Waals surface area (Å²) in [5.41, 5.74) is 0. The molecule has 0 spiro atoms. The maximum absolute atomic E-state index is 11.7. The van der Waals surface area contributed by atoms with Gasteiger partial charge in [0.1, 0.15) is 6.17 Å². The lowest BCUT2D eigenvalue weighted by Crippen LogP contribution is -2.14. The molecule has 0 saturated carbocycles. The van der Waals surface area contributed by atoms with Crippen molar-refractivity contribution in [3.63, 3.8) is 0 Å². The summed E-state index contributed by atoms with van der Waals surface area (Å²) in [7, 11) is 0. The molecular formula is C5H8F3. The molecule has 0 nitrogen and oxygen atoms in total. The first-order valence-electron chi connectivity index (χ1n) is 2.27. The van der Waals surface area contributed by atoms with Gasteiger partial charge in [0.05, 0.1) is 0 Å². The molecule has 0 fully saturated rings. The lowest BCUT2D eigenvalue weighted by molar-refractivity contribution is -0.00284. The highest BCUT2D eigenvalue weighted by atomic mass is 19.3. The smallest absolute Gasteiger partial charge is 0.247 e. The zero-order valence-electron chi connectivity index (χ0n) is 4.63. The van der Waals surface area contributed by atoms with E-state index in [2.05, 4.69) is 6.92 Å². The molecular weight excluding hydrogens is 117 g/mol. The molecule has 8 heavy (non-hydrogen) atoms. The van der Waals surface area contributed by atoms with E-state index in [4.69, 9.17) is 0 Å². The van der Waals surface area contributed by atoms with Gasteiger partial charge in [-0.15, -0.1) is 0 Å². The van der Waals surface area contributed by atoms with Crippen LogP contribution in [0.15, 0.2) is 0 Å². The molecule has 0 aromatic rings. The highest BCUT2D eigenvalue weighted by Gasteiger charge is 2.23. The Morgan fingerprint density at radius 1 is 1.62 bits per heavy atom. The van der Waals surface area contributed by atoms with Crippen LogP contribution in [-0.4, -0.2) is 12.1 Å². The Balaban J connectivity index is 3.39. The van der Waals surface area contributed by atoms with E-state index >= 15 is 0 Å². The van der Waals surface area contributed by atoms with Crippen LogP contribution in [0.4, 0.5) is 13.2 Å². The first-order chi connectivity index (χ1) is 3.42. The number of hydrogen-bond acceptors (Lipinski definition) is 0. The van der Waals surface area contributed by atoms with Crippen LogP contribution in [0.1, 0.15) is 13.3 Å². The Kier molecular flexibility index (Phi) is 2.31. The highest BCUT2D eigenvalue weighted by molar-refractivity contribution is 4.67. The molecule has 3 heteroatoms. The van der Waals surface area contributed by atoms with Crippen LogP contribution >= 0.6 is 0 Å². The second-order valence-electron chi connectivity index (χ2n) is 1.87. The maximum Gasteiger partial charge on any atom is 0.248 e. The van der Waals surface area contributed by atoms with Crippen LogP contribution in [0, 0.1) is 6.92 Å². The lowest BCUT2D eigenvalue weighted by atomic mass is 10.2. The summed E-state index contributed by atoms with van der Waals surface area (Å²) in [6.07, 6.45) is -2.44. The molecule has 0 aliphatic rings. The van der Waals surface area contributed by atoms with Crippen LogP contribution in [-0.2, 0) is 0 Å². The van der Waals surface area contributed by atoms with E-state index < -0.39 is 18.5 Å². The van der Waals surface area contributed by atoms with Gasteiger partial charge in [-0.1, -0.05) is 0 Å². The Morgan fingerprint density at radius 2 is 2.00 bits per heavy atom. The zero-order chi connectivity index (χ0) is 6.78. The fourth-order valence-electron chi connectivity index (χ4n) is 0.389. The van der Waals surface area contributed by atoms with Gasteiger partial charge < -0.3 is 0 Å². The summed E-state index contributed by atoms with van der Waals surface area (Å²) in [5.74, 6) is -2.92. The Labute approximate surface area is 46.7 Å². The molecule has 0 aromatic carbocycles. The van der Waals surface area contributed by atoms with Gasteiger partial charge in [0.25, 0.3) is 0 Å². The minimum absolute atomic E-state index is 0.671. The van der Waals surface area contributed by atoms with Gasteiger partial charge in [-0.3, -0.25) is 0 Å². The molecule has 0 aromatic heterocycles. The van der Waals surface area contributed by atoms with Crippen LogP contribution < -0.4 is 0 Å². The molecule has 0 N–H and O–H groups in total. The molecule has 1 radical (unpaired) electrons. The van der Waals surface area contributed by atoms with Crippen molar-refractivity contribution in [3.8, 4) is 0 Å². The van der Waals surface area contributed by atoms with Crippen molar-refractivity contribution >= 4 is 0 Å². The Morgan fingerprint density at radius 3 is 2.00 bits per heavy atom. The quantitative estimate of drug-likeness (QED) is 0.530. The summed E-state index contributed by atoms with van der Waals surface area (Å²) in [5, 5.41) is 0. The summed E-state index contributed by atoms with van der Waals surface area (Å²) in [4.78, 5) is 0. The SMILES string of the molecule is [CH2]C(F)CC(C)(F)F. The van der Waals surface area contributed by atoms with Crippen molar-refractivity contribution in [2.75, 3.05) is 0 Å². The van der Waals surface area contributed by atoms with Gasteiger partial charge in [0.2, 0.25) is 5.92 Å². The predicted molar refractivity (Wildman–Crippen MR) is 25.5 cm³/mol. The van der Waals surface area contributed by atoms with E-state index in [9.17, 15) is 13.2 Å². The van der Waals surface area contributed by atoms with Gasteiger partial charge in [-0.25, -0.2) is 13.2 Å². The van der Waals surface area contributed by atoms with Crippen molar-refractivity contribution in [1.29, 1.82) is 0 Å². The molecule has 0 amide bonds. The topological polar surface area (TPSA) is 0 Å². The minimum Gasteiger partial charge on any atom is -0.247 e. The predicted octanol–water partition coefficient (Wildman–Crippen LogP) is 2.20. The minimum atomic E-state index is -2.92. The maximum atomic E-state index is 11.7. The third-order valence-corrected chi connectivity index (χ3v) is 0.580. The third-order valence-electron chi connectivity index (χ3n) is 0.580. The second kappa shape index (κ2) is 2.37. The van der Waals surface area contributed by atoms with E-state index in [1.165, 1.54) is 0 Å². The number of alkyl halides is 3. The molecule has 1 atom stereocenters. The normalized spacial score (nSPS) is 16.1. The number of rotatable bonds is 2. The summed E-state index contributed by atoms with van der Waals surface area (Å²) >= 11 is 0. The second-order valence-corrected chi connectivity index (χ2v) is 1.87. The summed E-state index contributed by atoms with van der Waals surface area (Å²) in [6.45, 7) is 3.45. The molecule has 0 aliphatic carbocycles.